The monoisotopic (exact) mass is 582 g/mol. The Balaban J connectivity index is 1.43. The van der Waals surface area contributed by atoms with Gasteiger partial charge in [0.15, 0.2) is 0 Å². The Hall–Kier alpha value is -3.59. The summed E-state index contributed by atoms with van der Waals surface area (Å²) in [5.74, 6) is -1.26. The van der Waals surface area contributed by atoms with Crippen molar-refractivity contribution in [3.05, 3.63) is 104 Å². The van der Waals surface area contributed by atoms with Crippen molar-refractivity contribution in [1.82, 2.24) is 4.90 Å². The van der Waals surface area contributed by atoms with Crippen LogP contribution in [0, 0.1) is 0 Å². The molecule has 4 rings (SSSR count). The molecule has 0 bridgehead atoms. The number of anilines is 1. The molecule has 10 heteroatoms. The SMILES string of the molecule is CC(C)(C)OC(=O)c1ccc(NC(=O)c2cccc(/C=C3/SC(=O)N(Cc4ccc(Cl)c(Cl)c4)C3=O)c2)cc1. The third-order valence-corrected chi connectivity index (χ3v) is 7.07. The predicted octanol–water partition coefficient (Wildman–Crippen LogP) is 7.44. The van der Waals surface area contributed by atoms with E-state index >= 15 is 0 Å². The van der Waals surface area contributed by atoms with Gasteiger partial charge in [-0.1, -0.05) is 41.4 Å². The summed E-state index contributed by atoms with van der Waals surface area (Å²) in [6.45, 7) is 5.43. The molecule has 1 aliphatic heterocycles. The van der Waals surface area contributed by atoms with Gasteiger partial charge in [0, 0.05) is 11.3 Å². The second-order valence-electron chi connectivity index (χ2n) is 9.68. The Morgan fingerprint density at radius 2 is 1.67 bits per heavy atom. The number of thioether (sulfide) groups is 1. The molecule has 1 saturated heterocycles. The van der Waals surface area contributed by atoms with Gasteiger partial charge < -0.3 is 10.1 Å². The molecule has 39 heavy (non-hydrogen) atoms. The lowest BCUT2D eigenvalue weighted by Crippen LogP contribution is -2.27. The van der Waals surface area contributed by atoms with Crippen LogP contribution in [0.5, 0.6) is 0 Å². The molecule has 0 aromatic heterocycles. The zero-order valence-corrected chi connectivity index (χ0v) is 23.6. The molecule has 1 aliphatic rings. The molecule has 0 saturated carbocycles. The van der Waals surface area contributed by atoms with Crippen molar-refractivity contribution in [3.63, 3.8) is 0 Å². The second-order valence-corrected chi connectivity index (χ2v) is 11.5. The number of hydrogen-bond donors (Lipinski definition) is 1. The van der Waals surface area contributed by atoms with E-state index in [1.807, 2.05) is 0 Å². The standard InChI is InChI=1S/C29H24Cl2N2O5S/c1-29(2,3)38-27(36)19-8-10-21(11-9-19)32-25(34)20-6-4-5-17(13-20)15-24-26(35)33(28(37)39-24)16-18-7-12-22(30)23(31)14-18/h4-15H,16H2,1-3H3,(H,32,34)/b24-15+. The third-order valence-electron chi connectivity index (χ3n) is 5.42. The van der Waals surface area contributed by atoms with Crippen LogP contribution in [0.15, 0.2) is 71.6 Å². The fraction of sp³-hybridized carbons (Fsp3) is 0.172. The van der Waals surface area contributed by atoms with Crippen molar-refractivity contribution in [2.24, 2.45) is 0 Å². The summed E-state index contributed by atoms with van der Waals surface area (Å²) < 4.78 is 5.35. The van der Waals surface area contributed by atoms with Crippen molar-refractivity contribution >= 4 is 69.8 Å². The molecule has 200 valence electrons. The summed E-state index contributed by atoms with van der Waals surface area (Å²) in [5.41, 5.74) is 1.88. The smallest absolute Gasteiger partial charge is 0.338 e. The Bertz CT molecular complexity index is 1500. The first-order valence-corrected chi connectivity index (χ1v) is 13.4. The van der Waals surface area contributed by atoms with E-state index in [-0.39, 0.29) is 17.4 Å². The molecule has 0 unspecified atom stereocenters. The van der Waals surface area contributed by atoms with Gasteiger partial charge in [0.05, 0.1) is 27.1 Å². The quantitative estimate of drug-likeness (QED) is 0.240. The minimum absolute atomic E-state index is 0.0636. The second kappa shape index (κ2) is 11.7. The number of nitrogens with one attached hydrogen (secondary N) is 1. The fourth-order valence-corrected chi connectivity index (χ4v) is 4.77. The van der Waals surface area contributed by atoms with Gasteiger partial charge in [-0.2, -0.15) is 0 Å². The number of carbonyl (C=O) groups is 4. The van der Waals surface area contributed by atoms with Gasteiger partial charge in [-0.3, -0.25) is 19.3 Å². The van der Waals surface area contributed by atoms with Gasteiger partial charge in [0.2, 0.25) is 0 Å². The minimum atomic E-state index is -0.609. The lowest BCUT2D eigenvalue weighted by atomic mass is 10.1. The molecule has 1 heterocycles. The maximum atomic E-state index is 12.9. The van der Waals surface area contributed by atoms with E-state index < -0.39 is 22.7 Å². The highest BCUT2D eigenvalue weighted by Crippen LogP contribution is 2.34. The molecule has 0 aliphatic carbocycles. The lowest BCUT2D eigenvalue weighted by molar-refractivity contribution is -0.123. The minimum Gasteiger partial charge on any atom is -0.456 e. The number of esters is 1. The molecule has 1 fully saturated rings. The number of carbonyl (C=O) groups excluding carboxylic acids is 4. The van der Waals surface area contributed by atoms with Crippen LogP contribution in [0.1, 0.15) is 52.6 Å². The number of imide groups is 1. The number of rotatable bonds is 6. The van der Waals surface area contributed by atoms with Crippen LogP contribution in [0.3, 0.4) is 0 Å². The van der Waals surface area contributed by atoms with Crippen molar-refractivity contribution < 1.29 is 23.9 Å². The molecule has 3 amide bonds. The number of hydrogen-bond acceptors (Lipinski definition) is 6. The van der Waals surface area contributed by atoms with Crippen LogP contribution in [-0.2, 0) is 16.1 Å². The Labute approximate surface area is 240 Å². The van der Waals surface area contributed by atoms with E-state index in [1.165, 1.54) is 0 Å². The molecule has 7 nitrogen and oxygen atoms in total. The van der Waals surface area contributed by atoms with Crippen LogP contribution >= 0.6 is 35.0 Å². The number of benzene rings is 3. The van der Waals surface area contributed by atoms with Crippen LogP contribution < -0.4 is 5.32 Å². The van der Waals surface area contributed by atoms with Crippen molar-refractivity contribution in [2.75, 3.05) is 5.32 Å². The molecular weight excluding hydrogens is 559 g/mol. The maximum Gasteiger partial charge on any atom is 0.338 e. The van der Waals surface area contributed by atoms with Gasteiger partial charge >= 0.3 is 5.97 Å². The number of ether oxygens (including phenoxy) is 1. The van der Waals surface area contributed by atoms with Gasteiger partial charge in [-0.15, -0.1) is 0 Å². The number of nitrogens with zero attached hydrogens (tertiary/aromatic N) is 1. The fourth-order valence-electron chi connectivity index (χ4n) is 3.61. The van der Waals surface area contributed by atoms with Crippen molar-refractivity contribution in [1.29, 1.82) is 0 Å². The molecule has 3 aromatic rings. The van der Waals surface area contributed by atoms with Gasteiger partial charge in [-0.25, -0.2) is 4.79 Å². The summed E-state index contributed by atoms with van der Waals surface area (Å²) in [4.78, 5) is 51.9. The third kappa shape index (κ3) is 7.29. The highest BCUT2D eigenvalue weighted by molar-refractivity contribution is 8.18. The lowest BCUT2D eigenvalue weighted by Gasteiger charge is -2.19. The zero-order chi connectivity index (χ0) is 28.3. The molecule has 0 radical (unpaired) electrons. The van der Waals surface area contributed by atoms with Crippen molar-refractivity contribution in [3.8, 4) is 0 Å². The van der Waals surface area contributed by atoms with Crippen molar-refractivity contribution in [2.45, 2.75) is 32.9 Å². The van der Waals surface area contributed by atoms with E-state index in [0.29, 0.717) is 38.0 Å². The van der Waals surface area contributed by atoms with E-state index in [2.05, 4.69) is 5.32 Å². The summed E-state index contributed by atoms with van der Waals surface area (Å²) in [6.07, 6.45) is 1.58. The number of halogens is 2. The highest BCUT2D eigenvalue weighted by Gasteiger charge is 2.35. The highest BCUT2D eigenvalue weighted by atomic mass is 35.5. The van der Waals surface area contributed by atoms with Crippen LogP contribution in [0.2, 0.25) is 10.0 Å². The first-order chi connectivity index (χ1) is 18.4. The molecule has 0 spiro atoms. The zero-order valence-electron chi connectivity index (χ0n) is 21.3. The Morgan fingerprint density at radius 1 is 0.949 bits per heavy atom. The number of amides is 3. The van der Waals surface area contributed by atoms with Crippen LogP contribution in [0.25, 0.3) is 6.08 Å². The van der Waals surface area contributed by atoms with E-state index in [9.17, 15) is 19.2 Å². The molecule has 3 aromatic carbocycles. The summed E-state index contributed by atoms with van der Waals surface area (Å²) in [5, 5.41) is 3.11. The van der Waals surface area contributed by atoms with Gasteiger partial charge in [0.1, 0.15) is 5.60 Å². The summed E-state index contributed by atoms with van der Waals surface area (Å²) >= 11 is 12.8. The molecule has 1 N–H and O–H groups in total. The first-order valence-electron chi connectivity index (χ1n) is 11.8. The predicted molar refractivity (Wildman–Crippen MR) is 154 cm³/mol. The van der Waals surface area contributed by atoms with E-state index in [1.54, 1.807) is 93.6 Å². The largest absolute Gasteiger partial charge is 0.456 e. The summed E-state index contributed by atoms with van der Waals surface area (Å²) in [7, 11) is 0. The average molecular weight is 583 g/mol. The first kappa shape index (κ1) is 28.4. The topological polar surface area (TPSA) is 92.8 Å². The van der Waals surface area contributed by atoms with Gasteiger partial charge in [0.25, 0.3) is 17.1 Å². The molecular formula is C29H24Cl2N2O5S. The maximum absolute atomic E-state index is 12.9. The van der Waals surface area contributed by atoms with Crippen LogP contribution in [-0.4, -0.2) is 33.5 Å². The van der Waals surface area contributed by atoms with Gasteiger partial charge in [-0.05, 0) is 98.3 Å². The summed E-state index contributed by atoms with van der Waals surface area (Å²) in [6, 6.07) is 18.0. The normalized spacial score (nSPS) is 14.6. The Kier molecular flexibility index (Phi) is 8.49. The molecule has 0 atom stereocenters. The average Bonchev–Trinajstić information content (AvgIpc) is 3.13. The van der Waals surface area contributed by atoms with E-state index in [4.69, 9.17) is 27.9 Å². The van der Waals surface area contributed by atoms with Crippen LogP contribution in [0.4, 0.5) is 10.5 Å². The Morgan fingerprint density at radius 3 is 2.33 bits per heavy atom. The van der Waals surface area contributed by atoms with E-state index in [0.717, 1.165) is 16.7 Å².